The lowest BCUT2D eigenvalue weighted by molar-refractivity contribution is 0.102. The lowest BCUT2D eigenvalue weighted by atomic mass is 10.1. The average Bonchev–Trinajstić information content (AvgIpc) is 2.60. The summed E-state index contributed by atoms with van der Waals surface area (Å²) in [4.78, 5) is 20.5. The fourth-order valence-corrected chi connectivity index (χ4v) is 2.35. The Morgan fingerprint density at radius 3 is 2.48 bits per heavy atom. The van der Waals surface area contributed by atoms with Gasteiger partial charge in [0, 0.05) is 5.69 Å². The maximum absolute atomic E-state index is 13.6. The molecule has 1 amide bonds. The molecule has 6 heteroatoms. The predicted octanol–water partition coefficient (Wildman–Crippen LogP) is 4.23. The van der Waals surface area contributed by atoms with Gasteiger partial charge < -0.3 is 10.6 Å². The number of nitrogens with one attached hydrogen (secondary N) is 2. The Bertz CT molecular complexity index is 910. The van der Waals surface area contributed by atoms with E-state index in [2.05, 4.69) is 20.6 Å². The predicted molar refractivity (Wildman–Crippen MR) is 95.6 cm³/mol. The maximum atomic E-state index is 13.6. The Morgan fingerprint density at radius 2 is 1.80 bits per heavy atom. The number of para-hydroxylation sites is 1. The summed E-state index contributed by atoms with van der Waals surface area (Å²) in [5.41, 5.74) is 3.30. The summed E-state index contributed by atoms with van der Waals surface area (Å²) < 4.78 is 13.6. The van der Waals surface area contributed by atoms with E-state index in [1.165, 1.54) is 18.5 Å². The van der Waals surface area contributed by atoms with E-state index in [9.17, 15) is 9.18 Å². The normalized spacial score (nSPS) is 10.4. The van der Waals surface area contributed by atoms with E-state index in [0.717, 1.165) is 16.8 Å². The van der Waals surface area contributed by atoms with Gasteiger partial charge in [0.2, 0.25) is 0 Å². The van der Waals surface area contributed by atoms with E-state index < -0.39 is 0 Å². The number of aryl methyl sites for hydroxylation is 2. The van der Waals surface area contributed by atoms with Crippen LogP contribution in [-0.4, -0.2) is 15.9 Å². The zero-order valence-electron chi connectivity index (χ0n) is 13.9. The molecule has 126 valence electrons. The molecule has 0 spiro atoms. The molecule has 0 atom stereocenters. The number of amides is 1. The second-order valence-electron chi connectivity index (χ2n) is 5.66. The average molecular weight is 336 g/mol. The molecule has 2 aromatic carbocycles. The van der Waals surface area contributed by atoms with Crippen molar-refractivity contribution in [1.82, 2.24) is 9.97 Å². The Hall–Kier alpha value is -3.28. The summed E-state index contributed by atoms with van der Waals surface area (Å²) in [6.07, 6.45) is 2.74. The fraction of sp³-hybridized carbons (Fsp3) is 0.105. The number of anilines is 3. The largest absolute Gasteiger partial charge is 0.337 e. The highest BCUT2D eigenvalue weighted by molar-refractivity contribution is 6.03. The number of carbonyl (C=O) groups is 1. The first kappa shape index (κ1) is 16.6. The molecule has 1 aromatic heterocycles. The molecule has 0 aliphatic carbocycles. The van der Waals surface area contributed by atoms with Gasteiger partial charge in [0.1, 0.15) is 17.3 Å². The van der Waals surface area contributed by atoms with Crippen LogP contribution in [0.3, 0.4) is 0 Å². The second kappa shape index (κ2) is 7.09. The maximum Gasteiger partial charge on any atom is 0.275 e. The first-order valence-corrected chi connectivity index (χ1v) is 7.75. The van der Waals surface area contributed by atoms with Crippen LogP contribution in [0, 0.1) is 19.7 Å². The SMILES string of the molecule is Cc1ccc(NC(=O)c2cnc(Nc3ccccc3F)cn2)c(C)c1. The van der Waals surface area contributed by atoms with Crippen molar-refractivity contribution in [2.75, 3.05) is 10.6 Å². The number of rotatable bonds is 4. The van der Waals surface area contributed by atoms with Crippen LogP contribution in [0.1, 0.15) is 21.6 Å². The van der Waals surface area contributed by atoms with Crippen LogP contribution in [0.15, 0.2) is 54.9 Å². The zero-order chi connectivity index (χ0) is 17.8. The molecule has 5 nitrogen and oxygen atoms in total. The quantitative estimate of drug-likeness (QED) is 0.748. The van der Waals surface area contributed by atoms with Crippen LogP contribution in [0.4, 0.5) is 21.6 Å². The van der Waals surface area contributed by atoms with Crippen LogP contribution in [-0.2, 0) is 0 Å². The number of carbonyl (C=O) groups excluding carboxylic acids is 1. The zero-order valence-corrected chi connectivity index (χ0v) is 13.9. The van der Waals surface area contributed by atoms with E-state index in [4.69, 9.17) is 0 Å². The second-order valence-corrected chi connectivity index (χ2v) is 5.66. The van der Waals surface area contributed by atoms with Gasteiger partial charge in [-0.05, 0) is 37.6 Å². The van der Waals surface area contributed by atoms with Crippen molar-refractivity contribution in [3.8, 4) is 0 Å². The van der Waals surface area contributed by atoms with Gasteiger partial charge in [-0.25, -0.2) is 14.4 Å². The van der Waals surface area contributed by atoms with Crippen LogP contribution < -0.4 is 10.6 Å². The van der Waals surface area contributed by atoms with E-state index in [0.29, 0.717) is 11.5 Å². The fourth-order valence-electron chi connectivity index (χ4n) is 2.35. The molecule has 0 fully saturated rings. The van der Waals surface area contributed by atoms with Crippen molar-refractivity contribution < 1.29 is 9.18 Å². The molecular weight excluding hydrogens is 319 g/mol. The Morgan fingerprint density at radius 1 is 1.00 bits per heavy atom. The molecule has 2 N–H and O–H groups in total. The highest BCUT2D eigenvalue weighted by Gasteiger charge is 2.10. The Kier molecular flexibility index (Phi) is 4.70. The van der Waals surface area contributed by atoms with Gasteiger partial charge in [-0.2, -0.15) is 0 Å². The summed E-state index contributed by atoms with van der Waals surface area (Å²) in [5.74, 6) is -0.383. The van der Waals surface area contributed by atoms with Crippen molar-refractivity contribution in [2.24, 2.45) is 0 Å². The van der Waals surface area contributed by atoms with Gasteiger partial charge in [-0.15, -0.1) is 0 Å². The summed E-state index contributed by atoms with van der Waals surface area (Å²) in [5, 5.41) is 5.63. The first-order valence-electron chi connectivity index (χ1n) is 7.75. The van der Waals surface area contributed by atoms with Crippen LogP contribution >= 0.6 is 0 Å². The van der Waals surface area contributed by atoms with E-state index >= 15 is 0 Å². The molecule has 0 radical (unpaired) electrons. The smallest absolute Gasteiger partial charge is 0.275 e. The van der Waals surface area contributed by atoms with Gasteiger partial charge in [0.15, 0.2) is 0 Å². The molecule has 0 bridgehead atoms. The van der Waals surface area contributed by atoms with E-state index in [1.54, 1.807) is 18.2 Å². The molecule has 25 heavy (non-hydrogen) atoms. The molecule has 0 saturated heterocycles. The van der Waals surface area contributed by atoms with Crippen molar-refractivity contribution in [3.63, 3.8) is 0 Å². The highest BCUT2D eigenvalue weighted by Crippen LogP contribution is 2.18. The van der Waals surface area contributed by atoms with Crippen molar-refractivity contribution in [1.29, 1.82) is 0 Å². The lowest BCUT2D eigenvalue weighted by Gasteiger charge is -2.09. The number of hydrogen-bond donors (Lipinski definition) is 2. The number of benzene rings is 2. The van der Waals surface area contributed by atoms with Crippen molar-refractivity contribution in [2.45, 2.75) is 13.8 Å². The molecular formula is C19H17FN4O. The highest BCUT2D eigenvalue weighted by atomic mass is 19.1. The molecule has 3 aromatic rings. The number of aromatic nitrogens is 2. The summed E-state index contributed by atoms with van der Waals surface area (Å²) in [6.45, 7) is 3.92. The van der Waals surface area contributed by atoms with Gasteiger partial charge in [-0.1, -0.05) is 29.8 Å². The number of hydrogen-bond acceptors (Lipinski definition) is 4. The third-order valence-corrected chi connectivity index (χ3v) is 3.65. The molecule has 0 aliphatic rings. The van der Waals surface area contributed by atoms with Gasteiger partial charge >= 0.3 is 0 Å². The van der Waals surface area contributed by atoms with Crippen LogP contribution in [0.2, 0.25) is 0 Å². The van der Waals surface area contributed by atoms with Gasteiger partial charge in [0.25, 0.3) is 5.91 Å². The molecule has 0 unspecified atom stereocenters. The standard InChI is InChI=1S/C19H17FN4O/c1-12-7-8-15(13(2)9-12)24-19(25)17-10-22-18(11-21-17)23-16-6-4-3-5-14(16)20/h3-11H,1-2H3,(H,22,23)(H,24,25). The summed E-state index contributed by atoms with van der Waals surface area (Å²) >= 11 is 0. The topological polar surface area (TPSA) is 66.9 Å². The summed E-state index contributed by atoms with van der Waals surface area (Å²) in [6, 6.07) is 12.0. The number of nitrogens with zero attached hydrogens (tertiary/aromatic N) is 2. The van der Waals surface area contributed by atoms with Crippen LogP contribution in [0.25, 0.3) is 0 Å². The Labute approximate surface area is 145 Å². The van der Waals surface area contributed by atoms with Gasteiger partial charge in [0.05, 0.1) is 18.1 Å². The van der Waals surface area contributed by atoms with E-state index in [-0.39, 0.29) is 17.4 Å². The molecule has 3 rings (SSSR count). The van der Waals surface area contributed by atoms with Crippen LogP contribution in [0.5, 0.6) is 0 Å². The molecule has 0 saturated carbocycles. The van der Waals surface area contributed by atoms with E-state index in [1.807, 2.05) is 32.0 Å². The summed E-state index contributed by atoms with van der Waals surface area (Å²) in [7, 11) is 0. The Balaban J connectivity index is 1.71. The van der Waals surface area contributed by atoms with Crippen molar-refractivity contribution >= 4 is 23.1 Å². The third-order valence-electron chi connectivity index (χ3n) is 3.65. The minimum atomic E-state index is -0.388. The first-order chi connectivity index (χ1) is 12.0. The lowest BCUT2D eigenvalue weighted by Crippen LogP contribution is -2.15. The number of halogens is 1. The monoisotopic (exact) mass is 336 g/mol. The molecule has 0 aliphatic heterocycles. The third kappa shape index (κ3) is 3.98. The van der Waals surface area contributed by atoms with Gasteiger partial charge in [-0.3, -0.25) is 4.79 Å². The van der Waals surface area contributed by atoms with Crippen molar-refractivity contribution in [3.05, 3.63) is 77.5 Å². The minimum absolute atomic E-state index is 0.180. The molecule has 1 heterocycles. The minimum Gasteiger partial charge on any atom is -0.337 e.